The lowest BCUT2D eigenvalue weighted by Gasteiger charge is -2.38. The zero-order chi connectivity index (χ0) is 21.1. The number of likely N-dealkylation sites (tertiary alicyclic amines) is 2. The fraction of sp³-hybridized carbons (Fsp3) is 0.789. The lowest BCUT2D eigenvalue weighted by atomic mass is 9.99. The molecule has 0 radical (unpaired) electrons. The van der Waals surface area contributed by atoms with Crippen LogP contribution in [0.1, 0.15) is 59.8 Å². The Morgan fingerprint density at radius 2 is 1.61 bits per heavy atom. The van der Waals surface area contributed by atoms with E-state index in [4.69, 9.17) is 9.84 Å². The number of piperidine rings is 1. The maximum absolute atomic E-state index is 13.2. The summed E-state index contributed by atoms with van der Waals surface area (Å²) in [6.07, 6.45) is 2.71. The first-order chi connectivity index (χ1) is 13.0. The second kappa shape index (κ2) is 8.79. The minimum absolute atomic E-state index is 0.272. The number of amides is 3. The Kier molecular flexibility index (Phi) is 6.90. The van der Waals surface area contributed by atoms with Gasteiger partial charge >= 0.3 is 12.1 Å². The van der Waals surface area contributed by atoms with Gasteiger partial charge < -0.3 is 20.1 Å². The van der Waals surface area contributed by atoms with Crippen molar-refractivity contribution in [1.82, 2.24) is 15.1 Å². The summed E-state index contributed by atoms with van der Waals surface area (Å²) in [7, 11) is 0. The van der Waals surface area contributed by atoms with Gasteiger partial charge in [0.2, 0.25) is 11.8 Å². The van der Waals surface area contributed by atoms with Gasteiger partial charge in [0.1, 0.15) is 23.7 Å². The molecule has 2 fully saturated rings. The van der Waals surface area contributed by atoms with E-state index in [-0.39, 0.29) is 5.91 Å². The van der Waals surface area contributed by atoms with Crippen molar-refractivity contribution < 1.29 is 29.0 Å². The van der Waals surface area contributed by atoms with E-state index in [2.05, 4.69) is 5.32 Å². The van der Waals surface area contributed by atoms with Gasteiger partial charge in [-0.1, -0.05) is 0 Å². The van der Waals surface area contributed by atoms with Crippen LogP contribution in [0.25, 0.3) is 0 Å². The molecule has 0 aromatic heterocycles. The highest BCUT2D eigenvalue weighted by Gasteiger charge is 2.42. The van der Waals surface area contributed by atoms with Crippen molar-refractivity contribution in [1.29, 1.82) is 0 Å². The first kappa shape index (κ1) is 22.0. The number of nitrogens with zero attached hydrogens (tertiary/aromatic N) is 2. The molecule has 2 aliphatic heterocycles. The third kappa shape index (κ3) is 5.36. The van der Waals surface area contributed by atoms with Crippen LogP contribution >= 0.6 is 0 Å². The zero-order valence-corrected chi connectivity index (χ0v) is 17.1. The minimum atomic E-state index is -1.13. The van der Waals surface area contributed by atoms with Gasteiger partial charge in [0.05, 0.1) is 0 Å². The van der Waals surface area contributed by atoms with Gasteiger partial charge in [0, 0.05) is 13.1 Å². The average molecular weight is 397 g/mol. The highest BCUT2D eigenvalue weighted by atomic mass is 16.6. The first-order valence-electron chi connectivity index (χ1n) is 9.84. The van der Waals surface area contributed by atoms with Gasteiger partial charge in [-0.05, 0) is 59.8 Å². The molecule has 9 heteroatoms. The van der Waals surface area contributed by atoms with Crippen molar-refractivity contribution in [2.45, 2.75) is 83.5 Å². The standard InChI is InChI=1S/C19H31N3O6/c1-12(17(25)26)20-15(23)13-8-5-6-10-21(13)16(24)14-9-7-11-22(14)18(27)28-19(2,3)4/h12-14H,5-11H2,1-4H3,(H,20,23)(H,25,26). The van der Waals surface area contributed by atoms with Crippen LogP contribution in [-0.4, -0.2) is 75.6 Å². The molecule has 2 aliphatic rings. The van der Waals surface area contributed by atoms with Crippen molar-refractivity contribution in [3.63, 3.8) is 0 Å². The molecule has 158 valence electrons. The number of carboxylic acid groups (broad SMARTS) is 1. The van der Waals surface area contributed by atoms with E-state index < -0.39 is 41.7 Å². The molecule has 0 aromatic rings. The van der Waals surface area contributed by atoms with Crippen molar-refractivity contribution >= 4 is 23.9 Å². The molecule has 2 saturated heterocycles. The lowest BCUT2D eigenvalue weighted by Crippen LogP contribution is -2.58. The summed E-state index contributed by atoms with van der Waals surface area (Å²) in [6.45, 7) is 7.55. The Labute approximate surface area is 165 Å². The molecule has 3 atom stereocenters. The Morgan fingerprint density at radius 3 is 2.21 bits per heavy atom. The van der Waals surface area contributed by atoms with E-state index in [1.54, 1.807) is 20.8 Å². The summed E-state index contributed by atoms with van der Waals surface area (Å²) in [6, 6.07) is -2.40. The van der Waals surface area contributed by atoms with E-state index in [1.807, 2.05) is 0 Å². The van der Waals surface area contributed by atoms with Crippen LogP contribution in [0.4, 0.5) is 4.79 Å². The second-order valence-electron chi connectivity index (χ2n) is 8.44. The van der Waals surface area contributed by atoms with Gasteiger partial charge in [0.25, 0.3) is 0 Å². The largest absolute Gasteiger partial charge is 0.480 e. The number of carboxylic acids is 1. The molecule has 2 N–H and O–H groups in total. The highest BCUT2D eigenvalue weighted by molar-refractivity contribution is 5.93. The van der Waals surface area contributed by atoms with Gasteiger partial charge in [-0.15, -0.1) is 0 Å². The molecule has 0 saturated carbocycles. The topological polar surface area (TPSA) is 116 Å². The van der Waals surface area contributed by atoms with Crippen LogP contribution < -0.4 is 5.32 Å². The quantitative estimate of drug-likeness (QED) is 0.740. The molecule has 3 unspecified atom stereocenters. The molecular weight excluding hydrogens is 366 g/mol. The van der Waals surface area contributed by atoms with E-state index in [1.165, 1.54) is 16.7 Å². The molecular formula is C19H31N3O6. The number of rotatable bonds is 4. The van der Waals surface area contributed by atoms with E-state index in [0.29, 0.717) is 32.4 Å². The summed E-state index contributed by atoms with van der Waals surface area (Å²) in [5.74, 6) is -1.87. The maximum Gasteiger partial charge on any atom is 0.410 e. The third-order valence-corrected chi connectivity index (χ3v) is 4.98. The number of hydrogen-bond acceptors (Lipinski definition) is 5. The predicted molar refractivity (Wildman–Crippen MR) is 101 cm³/mol. The molecule has 0 aromatic carbocycles. The molecule has 0 bridgehead atoms. The predicted octanol–water partition coefficient (Wildman–Crippen LogP) is 1.36. The average Bonchev–Trinajstić information content (AvgIpc) is 3.09. The summed E-state index contributed by atoms with van der Waals surface area (Å²) < 4.78 is 5.41. The van der Waals surface area contributed by atoms with Crippen LogP contribution in [-0.2, 0) is 19.1 Å². The zero-order valence-electron chi connectivity index (χ0n) is 17.1. The third-order valence-electron chi connectivity index (χ3n) is 4.98. The van der Waals surface area contributed by atoms with Crippen LogP contribution in [0.15, 0.2) is 0 Å². The number of carbonyl (C=O) groups is 4. The van der Waals surface area contributed by atoms with Gasteiger partial charge in [-0.3, -0.25) is 19.3 Å². The molecule has 2 rings (SSSR count). The molecule has 28 heavy (non-hydrogen) atoms. The number of nitrogens with one attached hydrogen (secondary N) is 1. The summed E-state index contributed by atoms with van der Waals surface area (Å²) in [5.41, 5.74) is -0.659. The van der Waals surface area contributed by atoms with Crippen LogP contribution in [0.2, 0.25) is 0 Å². The molecule has 0 aliphatic carbocycles. The summed E-state index contributed by atoms with van der Waals surface area (Å²) in [4.78, 5) is 52.2. The van der Waals surface area contributed by atoms with Crippen LogP contribution in [0, 0.1) is 0 Å². The van der Waals surface area contributed by atoms with Crippen LogP contribution in [0.5, 0.6) is 0 Å². The van der Waals surface area contributed by atoms with Crippen molar-refractivity contribution in [3.8, 4) is 0 Å². The fourth-order valence-corrected chi connectivity index (χ4v) is 3.59. The summed E-state index contributed by atoms with van der Waals surface area (Å²) in [5, 5.41) is 11.5. The Morgan fingerprint density at radius 1 is 1.00 bits per heavy atom. The normalized spacial score (nSPS) is 23.9. The minimum Gasteiger partial charge on any atom is -0.480 e. The molecule has 0 spiro atoms. The van der Waals surface area contributed by atoms with E-state index in [9.17, 15) is 19.2 Å². The van der Waals surface area contributed by atoms with Crippen molar-refractivity contribution in [2.75, 3.05) is 13.1 Å². The van der Waals surface area contributed by atoms with Crippen LogP contribution in [0.3, 0.4) is 0 Å². The first-order valence-corrected chi connectivity index (χ1v) is 9.84. The number of hydrogen-bond donors (Lipinski definition) is 2. The monoisotopic (exact) mass is 397 g/mol. The molecule has 9 nitrogen and oxygen atoms in total. The fourth-order valence-electron chi connectivity index (χ4n) is 3.59. The second-order valence-corrected chi connectivity index (χ2v) is 8.44. The van der Waals surface area contributed by atoms with Gasteiger partial charge in [0.15, 0.2) is 0 Å². The number of carbonyl (C=O) groups excluding carboxylic acids is 3. The summed E-state index contributed by atoms with van der Waals surface area (Å²) >= 11 is 0. The highest BCUT2D eigenvalue weighted by Crippen LogP contribution is 2.26. The van der Waals surface area contributed by atoms with Gasteiger partial charge in [-0.2, -0.15) is 0 Å². The van der Waals surface area contributed by atoms with Crippen molar-refractivity contribution in [2.24, 2.45) is 0 Å². The number of aliphatic carboxylic acids is 1. The van der Waals surface area contributed by atoms with E-state index >= 15 is 0 Å². The molecule has 3 amide bonds. The lowest BCUT2D eigenvalue weighted by molar-refractivity contribution is -0.147. The maximum atomic E-state index is 13.2. The Hall–Kier alpha value is -2.32. The smallest absolute Gasteiger partial charge is 0.410 e. The van der Waals surface area contributed by atoms with Crippen molar-refractivity contribution in [3.05, 3.63) is 0 Å². The SMILES string of the molecule is CC(NC(=O)C1CCCCN1C(=O)C1CCCN1C(=O)OC(C)(C)C)C(=O)O. The number of ether oxygens (including phenoxy) is 1. The molecule has 2 heterocycles. The Bertz CT molecular complexity index is 630. The van der Waals surface area contributed by atoms with Gasteiger partial charge in [-0.25, -0.2) is 4.79 Å². The Balaban J connectivity index is 2.11. The van der Waals surface area contributed by atoms with E-state index in [0.717, 1.165) is 12.8 Å².